The molecule has 0 bridgehead atoms. The average molecular weight is 689 g/mol. The first kappa shape index (κ1) is 32.3. The van der Waals surface area contributed by atoms with Crippen molar-refractivity contribution >= 4 is 32.9 Å². The predicted molar refractivity (Wildman–Crippen MR) is 227 cm³/mol. The first-order valence-corrected chi connectivity index (χ1v) is 20.0. The third kappa shape index (κ3) is 5.45. The number of hydrogen-bond donors (Lipinski definition) is 0. The van der Waals surface area contributed by atoms with Crippen LogP contribution in [0.25, 0.3) is 66.1 Å². The van der Waals surface area contributed by atoms with Crippen LogP contribution in [-0.4, -0.2) is 26.2 Å². The van der Waals surface area contributed by atoms with Gasteiger partial charge in [0.2, 0.25) is 0 Å². The summed E-state index contributed by atoms with van der Waals surface area (Å²) in [5, 5.41) is 5.34. The number of hydrogen-bond acceptors (Lipinski definition) is 2. The smallest absolute Gasteiger partial charge is 0.0372 e. The largest absolute Gasteiger partial charge is 0.372 e. The summed E-state index contributed by atoms with van der Waals surface area (Å²) in [5.41, 5.74) is 16.0. The lowest BCUT2D eigenvalue weighted by Crippen LogP contribution is -2.29. The minimum absolute atomic E-state index is 0.0316. The number of nitrogens with zero attached hydrogens (tertiary/aromatic N) is 2. The molecule has 2 saturated heterocycles. The van der Waals surface area contributed by atoms with Gasteiger partial charge in [0.15, 0.2) is 0 Å². The van der Waals surface area contributed by atoms with Crippen LogP contribution in [0.2, 0.25) is 0 Å². The maximum absolute atomic E-state index is 2.61. The molecule has 0 radical (unpaired) electrons. The molecule has 2 aliphatic heterocycles. The Morgan fingerprint density at radius 3 is 1.57 bits per heavy atom. The van der Waals surface area contributed by atoms with Crippen LogP contribution in [0.5, 0.6) is 0 Å². The second-order valence-corrected chi connectivity index (χ2v) is 16.2. The molecule has 53 heavy (non-hydrogen) atoms. The molecule has 7 aromatic carbocycles. The third-order valence-corrected chi connectivity index (χ3v) is 12.7. The molecule has 0 N–H and O–H groups in total. The minimum atomic E-state index is -0.0316. The van der Waals surface area contributed by atoms with E-state index in [4.69, 9.17) is 0 Å². The first-order valence-electron chi connectivity index (χ1n) is 20.0. The molecule has 7 aromatic rings. The standard InChI is InChI=1S/C51H48N2/c1-51(2)47-20-9-8-19-41(47)42-24-21-37(32-48(42)51)36-17-14-18-38(31-36)50-44-26-23-39(52-27-10-4-11-28-52)33-45(44)49(35-15-6-3-7-16-35)43-25-22-40(34-46(43)50)53-29-12-5-13-30-53/h3,6-9,14-26,31-34H,4-5,10-13,27-30H2,1-2H3. The monoisotopic (exact) mass is 688 g/mol. The second-order valence-electron chi connectivity index (χ2n) is 16.2. The van der Waals surface area contributed by atoms with Crippen LogP contribution >= 0.6 is 0 Å². The SMILES string of the molecule is CC1(C)c2ccccc2-c2ccc(-c3cccc(-c4c5ccc(N6CCCCC6)cc5c(-c5ccccc5)c5ccc(N6CCCCC6)cc45)c3)cc21. The van der Waals surface area contributed by atoms with Crippen LogP contribution in [0.4, 0.5) is 11.4 Å². The van der Waals surface area contributed by atoms with E-state index in [2.05, 4.69) is 157 Å². The molecule has 2 nitrogen and oxygen atoms in total. The summed E-state index contributed by atoms with van der Waals surface area (Å²) < 4.78 is 0. The van der Waals surface area contributed by atoms with Gasteiger partial charge in [0.1, 0.15) is 0 Å². The molecule has 3 aliphatic rings. The summed E-state index contributed by atoms with van der Waals surface area (Å²) in [6.45, 7) is 9.29. The first-order chi connectivity index (χ1) is 26.0. The van der Waals surface area contributed by atoms with Gasteiger partial charge in [-0.1, -0.05) is 111 Å². The zero-order valence-corrected chi connectivity index (χ0v) is 31.2. The van der Waals surface area contributed by atoms with E-state index >= 15 is 0 Å². The van der Waals surface area contributed by atoms with E-state index in [1.165, 1.54) is 127 Å². The van der Waals surface area contributed by atoms with Crippen LogP contribution in [0.1, 0.15) is 63.5 Å². The summed E-state index contributed by atoms with van der Waals surface area (Å²) in [6, 6.07) is 51.3. The molecule has 10 rings (SSSR count). The topological polar surface area (TPSA) is 6.48 Å². The van der Waals surface area contributed by atoms with E-state index in [0.29, 0.717) is 0 Å². The fourth-order valence-corrected chi connectivity index (χ4v) is 9.87. The van der Waals surface area contributed by atoms with E-state index in [0.717, 1.165) is 26.2 Å². The van der Waals surface area contributed by atoms with Crippen LogP contribution in [0.3, 0.4) is 0 Å². The maximum Gasteiger partial charge on any atom is 0.0372 e. The Morgan fingerprint density at radius 2 is 0.906 bits per heavy atom. The molecule has 0 spiro atoms. The molecule has 262 valence electrons. The molecular weight excluding hydrogens is 641 g/mol. The van der Waals surface area contributed by atoms with Gasteiger partial charge in [0.25, 0.3) is 0 Å². The lowest BCUT2D eigenvalue weighted by atomic mass is 9.81. The van der Waals surface area contributed by atoms with E-state index in [-0.39, 0.29) is 5.41 Å². The number of anilines is 2. The average Bonchev–Trinajstić information content (AvgIpc) is 3.45. The van der Waals surface area contributed by atoms with Crippen molar-refractivity contribution in [1.82, 2.24) is 0 Å². The predicted octanol–water partition coefficient (Wildman–Crippen LogP) is 13.3. The molecule has 0 aromatic heterocycles. The van der Waals surface area contributed by atoms with Gasteiger partial charge < -0.3 is 9.80 Å². The molecular formula is C51H48N2. The van der Waals surface area contributed by atoms with Gasteiger partial charge in [-0.25, -0.2) is 0 Å². The van der Waals surface area contributed by atoms with Crippen molar-refractivity contribution in [3.63, 3.8) is 0 Å². The van der Waals surface area contributed by atoms with Crippen LogP contribution < -0.4 is 9.80 Å². The van der Waals surface area contributed by atoms with Crippen molar-refractivity contribution < 1.29 is 0 Å². The fraction of sp³-hybridized carbons (Fsp3) is 0.255. The van der Waals surface area contributed by atoms with Crippen molar-refractivity contribution in [1.29, 1.82) is 0 Å². The van der Waals surface area contributed by atoms with Crippen LogP contribution in [0.15, 0.2) is 133 Å². The number of benzene rings is 7. The van der Waals surface area contributed by atoms with Crippen molar-refractivity contribution in [2.45, 2.75) is 57.8 Å². The Balaban J connectivity index is 1.21. The fourth-order valence-electron chi connectivity index (χ4n) is 9.87. The van der Waals surface area contributed by atoms with Gasteiger partial charge in [0.05, 0.1) is 0 Å². The molecule has 0 saturated carbocycles. The number of rotatable bonds is 5. The van der Waals surface area contributed by atoms with Crippen molar-refractivity contribution in [2.24, 2.45) is 0 Å². The Hall–Kier alpha value is -5.34. The van der Waals surface area contributed by atoms with Gasteiger partial charge in [0, 0.05) is 43.0 Å². The van der Waals surface area contributed by atoms with E-state index in [9.17, 15) is 0 Å². The Labute approximate surface area is 314 Å². The minimum Gasteiger partial charge on any atom is -0.372 e. The van der Waals surface area contributed by atoms with Gasteiger partial charge >= 0.3 is 0 Å². The van der Waals surface area contributed by atoms with Crippen molar-refractivity contribution in [3.05, 3.63) is 145 Å². The quantitative estimate of drug-likeness (QED) is 0.166. The summed E-state index contributed by atoms with van der Waals surface area (Å²) in [7, 11) is 0. The van der Waals surface area contributed by atoms with Crippen molar-refractivity contribution in [2.75, 3.05) is 36.0 Å². The van der Waals surface area contributed by atoms with Crippen LogP contribution in [-0.2, 0) is 5.41 Å². The Kier molecular flexibility index (Phi) is 7.90. The van der Waals surface area contributed by atoms with Gasteiger partial charge in [-0.3, -0.25) is 0 Å². The summed E-state index contributed by atoms with van der Waals surface area (Å²) in [5.74, 6) is 0. The van der Waals surface area contributed by atoms with Crippen molar-refractivity contribution in [3.8, 4) is 44.5 Å². The second kappa shape index (κ2) is 13.0. The normalized spacial score (nSPS) is 16.6. The number of fused-ring (bicyclic) bond motifs is 5. The zero-order chi connectivity index (χ0) is 35.5. The van der Waals surface area contributed by atoms with Crippen LogP contribution in [0, 0.1) is 0 Å². The van der Waals surface area contributed by atoms with E-state index in [1.807, 2.05) is 0 Å². The summed E-state index contributed by atoms with van der Waals surface area (Å²) >= 11 is 0. The third-order valence-electron chi connectivity index (χ3n) is 12.7. The van der Waals surface area contributed by atoms with Gasteiger partial charge in [-0.05, 0) is 152 Å². The number of piperidine rings is 2. The highest BCUT2D eigenvalue weighted by Gasteiger charge is 2.35. The molecule has 0 unspecified atom stereocenters. The maximum atomic E-state index is 2.61. The molecule has 2 heteroatoms. The van der Waals surface area contributed by atoms with Gasteiger partial charge in [-0.15, -0.1) is 0 Å². The lowest BCUT2D eigenvalue weighted by Gasteiger charge is -2.30. The summed E-state index contributed by atoms with van der Waals surface area (Å²) in [4.78, 5) is 5.22. The Morgan fingerprint density at radius 1 is 0.377 bits per heavy atom. The molecule has 1 aliphatic carbocycles. The molecule has 0 amide bonds. The van der Waals surface area contributed by atoms with Gasteiger partial charge in [-0.2, -0.15) is 0 Å². The molecule has 2 heterocycles. The lowest BCUT2D eigenvalue weighted by molar-refractivity contribution is 0.578. The highest BCUT2D eigenvalue weighted by Crippen LogP contribution is 2.50. The molecule has 0 atom stereocenters. The highest BCUT2D eigenvalue weighted by atomic mass is 15.1. The highest BCUT2D eigenvalue weighted by molar-refractivity contribution is 6.22. The summed E-state index contributed by atoms with van der Waals surface area (Å²) in [6.07, 6.45) is 7.73. The van der Waals surface area contributed by atoms with E-state index in [1.54, 1.807) is 0 Å². The molecule has 2 fully saturated rings. The zero-order valence-electron chi connectivity index (χ0n) is 31.2. The Bertz CT molecular complexity index is 2500. The van der Waals surface area contributed by atoms with E-state index < -0.39 is 0 Å².